The molecule has 0 saturated carbocycles. The van der Waals surface area contributed by atoms with Crippen LogP contribution in [0.15, 0.2) is 24.3 Å². The fourth-order valence-electron chi connectivity index (χ4n) is 0.882. The topological polar surface area (TPSA) is 35.8 Å². The molecular weight excluding hydrogens is 168 g/mol. The molecule has 0 amide bonds. The highest BCUT2D eigenvalue weighted by molar-refractivity contribution is 7.81. The summed E-state index contributed by atoms with van der Waals surface area (Å²) in [7, 11) is 0. The molecule has 2 nitrogen and oxygen atoms in total. The Labute approximate surface area is 76.8 Å². The first-order chi connectivity index (χ1) is 5.72. The number of nitrogens with one attached hydrogen (secondary N) is 1. The van der Waals surface area contributed by atoms with Crippen molar-refractivity contribution >= 4 is 22.9 Å². The van der Waals surface area contributed by atoms with Crippen molar-refractivity contribution in [3.63, 3.8) is 0 Å². The lowest BCUT2D eigenvalue weighted by atomic mass is 10.2. The van der Waals surface area contributed by atoms with E-state index in [9.17, 15) is 0 Å². The van der Waals surface area contributed by atoms with Crippen LogP contribution in [-0.2, 0) is 0 Å². The third kappa shape index (κ3) is 2.33. The fraction of sp³-hybridized carbons (Fsp3) is 0.111. The summed E-state index contributed by atoms with van der Waals surface area (Å²) in [6, 6.07) is 9.56. The van der Waals surface area contributed by atoms with Crippen molar-refractivity contribution in [1.29, 1.82) is 5.26 Å². The summed E-state index contributed by atoms with van der Waals surface area (Å²) in [6.07, 6.45) is 0. The molecule has 1 rings (SSSR count). The molecule has 60 valence electrons. The van der Waals surface area contributed by atoms with Crippen LogP contribution >= 0.6 is 12.2 Å². The van der Waals surface area contributed by atoms with Crippen LogP contribution in [0, 0.1) is 18.3 Å². The molecule has 3 heteroatoms. The van der Waals surface area contributed by atoms with Crippen LogP contribution in [0.3, 0.4) is 0 Å². The second kappa shape index (κ2) is 3.84. The third-order valence-corrected chi connectivity index (χ3v) is 1.57. The SMILES string of the molecule is Cc1cccc(NC(=S)C#N)c1. The van der Waals surface area contributed by atoms with Gasteiger partial charge in [-0.25, -0.2) is 0 Å². The van der Waals surface area contributed by atoms with Gasteiger partial charge in [-0.15, -0.1) is 0 Å². The number of hydrogen-bond donors (Lipinski definition) is 1. The lowest BCUT2D eigenvalue weighted by molar-refractivity contribution is 1.47. The molecule has 0 bridgehead atoms. The van der Waals surface area contributed by atoms with Gasteiger partial charge in [0.2, 0.25) is 0 Å². The number of nitriles is 1. The normalized spacial score (nSPS) is 8.67. The first kappa shape index (κ1) is 8.69. The van der Waals surface area contributed by atoms with E-state index in [1.807, 2.05) is 37.3 Å². The van der Waals surface area contributed by atoms with Crippen molar-refractivity contribution in [2.45, 2.75) is 6.92 Å². The lowest BCUT2D eigenvalue weighted by Gasteiger charge is -2.01. The summed E-state index contributed by atoms with van der Waals surface area (Å²) in [5.41, 5.74) is 2.00. The molecule has 0 spiro atoms. The van der Waals surface area contributed by atoms with Gasteiger partial charge in [0.25, 0.3) is 0 Å². The number of rotatable bonds is 1. The van der Waals surface area contributed by atoms with Gasteiger partial charge in [-0.05, 0) is 36.8 Å². The first-order valence-corrected chi connectivity index (χ1v) is 3.91. The van der Waals surface area contributed by atoms with Crippen molar-refractivity contribution in [3.8, 4) is 6.07 Å². The quantitative estimate of drug-likeness (QED) is 0.667. The number of nitrogens with zero attached hydrogens (tertiary/aromatic N) is 1. The monoisotopic (exact) mass is 176 g/mol. The molecule has 1 aromatic carbocycles. The van der Waals surface area contributed by atoms with Gasteiger partial charge in [0.1, 0.15) is 6.07 Å². The summed E-state index contributed by atoms with van der Waals surface area (Å²) in [6.45, 7) is 1.99. The molecule has 0 unspecified atom stereocenters. The van der Waals surface area contributed by atoms with E-state index in [1.54, 1.807) is 0 Å². The van der Waals surface area contributed by atoms with Crippen LogP contribution in [0.1, 0.15) is 5.56 Å². The first-order valence-electron chi connectivity index (χ1n) is 3.50. The Hall–Kier alpha value is -1.40. The number of anilines is 1. The average Bonchev–Trinajstić information content (AvgIpc) is 2.04. The van der Waals surface area contributed by atoms with Crippen molar-refractivity contribution in [2.24, 2.45) is 0 Å². The Bertz CT molecular complexity index is 339. The van der Waals surface area contributed by atoms with Crippen molar-refractivity contribution < 1.29 is 0 Å². The Morgan fingerprint density at radius 3 is 2.92 bits per heavy atom. The van der Waals surface area contributed by atoms with Crippen LogP contribution in [0.25, 0.3) is 0 Å². The lowest BCUT2D eigenvalue weighted by Crippen LogP contribution is -2.05. The summed E-state index contributed by atoms with van der Waals surface area (Å²) in [5.74, 6) is 0. The molecule has 1 aromatic rings. The number of benzene rings is 1. The van der Waals surface area contributed by atoms with E-state index >= 15 is 0 Å². The molecule has 0 fully saturated rings. The standard InChI is InChI=1S/C9H8N2S/c1-7-3-2-4-8(5-7)11-9(12)6-10/h2-5H,1H3,(H,11,12). The average molecular weight is 176 g/mol. The summed E-state index contributed by atoms with van der Waals surface area (Å²) in [4.78, 5) is 0.195. The van der Waals surface area contributed by atoms with Gasteiger partial charge in [0.05, 0.1) is 0 Å². The predicted octanol–water partition coefficient (Wildman–Crippen LogP) is 2.26. The molecule has 0 saturated heterocycles. The smallest absolute Gasteiger partial charge is 0.182 e. The zero-order valence-corrected chi connectivity index (χ0v) is 7.48. The van der Waals surface area contributed by atoms with Gasteiger partial charge in [-0.1, -0.05) is 12.1 Å². The third-order valence-electron chi connectivity index (χ3n) is 1.38. The minimum atomic E-state index is 0.195. The van der Waals surface area contributed by atoms with Crippen LogP contribution in [-0.4, -0.2) is 4.99 Å². The van der Waals surface area contributed by atoms with Crippen molar-refractivity contribution in [3.05, 3.63) is 29.8 Å². The molecular formula is C9H8N2S. The van der Waals surface area contributed by atoms with E-state index in [-0.39, 0.29) is 4.99 Å². The molecule has 0 aromatic heterocycles. The van der Waals surface area contributed by atoms with Gasteiger partial charge < -0.3 is 5.32 Å². The Kier molecular flexibility index (Phi) is 2.78. The predicted molar refractivity (Wildman–Crippen MR) is 53.0 cm³/mol. The van der Waals surface area contributed by atoms with Gasteiger partial charge in [-0.3, -0.25) is 0 Å². The van der Waals surface area contributed by atoms with Crippen LogP contribution < -0.4 is 5.32 Å². The molecule has 0 aliphatic heterocycles. The molecule has 12 heavy (non-hydrogen) atoms. The second-order valence-corrected chi connectivity index (χ2v) is 2.84. The maximum Gasteiger partial charge on any atom is 0.182 e. The highest BCUT2D eigenvalue weighted by atomic mass is 32.1. The molecule has 0 heterocycles. The highest BCUT2D eigenvalue weighted by Gasteiger charge is 1.94. The van der Waals surface area contributed by atoms with E-state index < -0.39 is 0 Å². The molecule has 0 aliphatic carbocycles. The number of aryl methyl sites for hydroxylation is 1. The maximum atomic E-state index is 8.41. The zero-order valence-electron chi connectivity index (χ0n) is 6.66. The van der Waals surface area contributed by atoms with Crippen molar-refractivity contribution in [2.75, 3.05) is 5.32 Å². The highest BCUT2D eigenvalue weighted by Crippen LogP contribution is 2.09. The van der Waals surface area contributed by atoms with Gasteiger partial charge in [0.15, 0.2) is 4.99 Å². The largest absolute Gasteiger partial charge is 0.338 e. The van der Waals surface area contributed by atoms with Gasteiger partial charge >= 0.3 is 0 Å². The minimum absolute atomic E-state index is 0.195. The van der Waals surface area contributed by atoms with Crippen LogP contribution in [0.2, 0.25) is 0 Å². The fourth-order valence-corrected chi connectivity index (χ4v) is 1.000. The van der Waals surface area contributed by atoms with E-state index in [4.69, 9.17) is 17.5 Å². The molecule has 0 aliphatic rings. The van der Waals surface area contributed by atoms with E-state index in [1.165, 1.54) is 0 Å². The zero-order chi connectivity index (χ0) is 8.97. The van der Waals surface area contributed by atoms with E-state index in [0.29, 0.717) is 0 Å². The number of thiocarbonyl (C=S) groups is 1. The van der Waals surface area contributed by atoms with Crippen LogP contribution in [0.4, 0.5) is 5.69 Å². The second-order valence-electron chi connectivity index (χ2n) is 2.44. The maximum absolute atomic E-state index is 8.41. The van der Waals surface area contributed by atoms with Gasteiger partial charge in [0, 0.05) is 5.69 Å². The van der Waals surface area contributed by atoms with E-state index in [0.717, 1.165) is 11.3 Å². The summed E-state index contributed by atoms with van der Waals surface area (Å²) in [5, 5.41) is 11.2. The molecule has 1 N–H and O–H groups in total. The van der Waals surface area contributed by atoms with E-state index in [2.05, 4.69) is 5.32 Å². The number of hydrogen-bond acceptors (Lipinski definition) is 2. The Morgan fingerprint density at radius 1 is 1.58 bits per heavy atom. The van der Waals surface area contributed by atoms with Crippen LogP contribution in [0.5, 0.6) is 0 Å². The molecule has 0 radical (unpaired) electrons. The minimum Gasteiger partial charge on any atom is -0.338 e. The van der Waals surface area contributed by atoms with Gasteiger partial charge in [-0.2, -0.15) is 5.26 Å². The summed E-state index contributed by atoms with van der Waals surface area (Å²) < 4.78 is 0. The summed E-state index contributed by atoms with van der Waals surface area (Å²) >= 11 is 4.71. The Morgan fingerprint density at radius 2 is 2.33 bits per heavy atom. The Balaban J connectivity index is 2.78. The molecule has 0 atom stereocenters. The van der Waals surface area contributed by atoms with Crippen molar-refractivity contribution in [1.82, 2.24) is 0 Å².